The molecule has 0 saturated heterocycles. The molecule has 0 unspecified atom stereocenters. The van der Waals surface area contributed by atoms with Crippen molar-refractivity contribution in [1.82, 2.24) is 4.68 Å². The Morgan fingerprint density at radius 1 is 1.17 bits per heavy atom. The predicted octanol–water partition coefficient (Wildman–Crippen LogP) is 5.37. The fourth-order valence-electron chi connectivity index (χ4n) is 2.79. The summed E-state index contributed by atoms with van der Waals surface area (Å²) in [5.74, 6) is 0.794. The third-order valence-corrected chi connectivity index (χ3v) is 4.94. The summed E-state index contributed by atoms with van der Waals surface area (Å²) < 4.78 is 36.6. The Balaban J connectivity index is 1.69. The van der Waals surface area contributed by atoms with Gasteiger partial charge in [-0.25, -0.2) is 4.68 Å². The maximum atomic E-state index is 12.3. The minimum atomic E-state index is -2.85. The molecule has 0 spiro atoms. The van der Waals surface area contributed by atoms with Crippen LogP contribution in [-0.4, -0.2) is 24.0 Å². The van der Waals surface area contributed by atoms with Crippen LogP contribution in [0.15, 0.2) is 74.5 Å². The number of hydrogen-bond donors (Lipinski definition) is 0. The number of thiazole rings is 1. The SMILES string of the molecule is CCN=c1scc(-c2cc3ccccc3o2)n1/N=C/c1ccc(OC(F)F)cc1. The largest absolute Gasteiger partial charge is 0.454 e. The van der Waals surface area contributed by atoms with Crippen LogP contribution in [0.5, 0.6) is 5.75 Å². The highest BCUT2D eigenvalue weighted by Gasteiger charge is 2.12. The number of ether oxygens (including phenoxy) is 1. The zero-order valence-electron chi connectivity index (χ0n) is 15.5. The van der Waals surface area contributed by atoms with E-state index in [0.717, 1.165) is 27.0 Å². The lowest BCUT2D eigenvalue weighted by molar-refractivity contribution is -0.0498. The van der Waals surface area contributed by atoms with E-state index in [0.29, 0.717) is 12.3 Å². The van der Waals surface area contributed by atoms with Gasteiger partial charge in [0.1, 0.15) is 17.0 Å². The van der Waals surface area contributed by atoms with E-state index >= 15 is 0 Å². The number of fused-ring (bicyclic) bond motifs is 1. The molecule has 0 saturated carbocycles. The molecule has 0 atom stereocenters. The standard InChI is InChI=1S/C21H17F2N3O2S/c1-2-24-21-26(25-12-14-7-9-16(10-8-14)27-20(22)23)17(13-29-21)19-11-15-5-3-4-6-18(15)28-19/h3-13,20H,2H2,1H3/b24-21?,25-12+. The van der Waals surface area contributed by atoms with Crippen LogP contribution in [0.2, 0.25) is 0 Å². The second-order valence-electron chi connectivity index (χ2n) is 6.03. The van der Waals surface area contributed by atoms with Crippen molar-refractivity contribution in [2.45, 2.75) is 13.5 Å². The Morgan fingerprint density at radius 3 is 2.69 bits per heavy atom. The van der Waals surface area contributed by atoms with E-state index in [1.54, 1.807) is 23.0 Å². The second-order valence-corrected chi connectivity index (χ2v) is 6.87. The Morgan fingerprint density at radius 2 is 1.97 bits per heavy atom. The van der Waals surface area contributed by atoms with Crippen LogP contribution < -0.4 is 9.54 Å². The number of hydrogen-bond acceptors (Lipinski definition) is 5. The van der Waals surface area contributed by atoms with Gasteiger partial charge in [0.25, 0.3) is 0 Å². The fraction of sp³-hybridized carbons (Fsp3) is 0.143. The second kappa shape index (κ2) is 8.40. The predicted molar refractivity (Wildman–Crippen MR) is 110 cm³/mol. The summed E-state index contributed by atoms with van der Waals surface area (Å²) in [6, 6.07) is 16.0. The average molecular weight is 413 g/mol. The smallest absolute Gasteiger partial charge is 0.387 e. The molecule has 4 aromatic rings. The molecule has 2 heterocycles. The van der Waals surface area contributed by atoms with Crippen molar-refractivity contribution in [2.24, 2.45) is 10.1 Å². The van der Waals surface area contributed by atoms with Crippen LogP contribution in [0.25, 0.3) is 22.4 Å². The monoisotopic (exact) mass is 413 g/mol. The summed E-state index contributed by atoms with van der Waals surface area (Å²) >= 11 is 1.47. The lowest BCUT2D eigenvalue weighted by Gasteiger charge is -2.04. The lowest BCUT2D eigenvalue weighted by Crippen LogP contribution is -2.12. The number of alkyl halides is 2. The zero-order valence-corrected chi connectivity index (χ0v) is 16.3. The highest BCUT2D eigenvalue weighted by Crippen LogP contribution is 2.28. The summed E-state index contributed by atoms with van der Waals surface area (Å²) in [6.07, 6.45) is 1.64. The number of benzene rings is 2. The van der Waals surface area contributed by atoms with Crippen molar-refractivity contribution in [3.8, 4) is 17.2 Å². The van der Waals surface area contributed by atoms with Gasteiger partial charge in [-0.15, -0.1) is 11.3 Å². The zero-order chi connectivity index (χ0) is 20.2. The van der Waals surface area contributed by atoms with Crippen molar-refractivity contribution < 1.29 is 17.9 Å². The summed E-state index contributed by atoms with van der Waals surface area (Å²) in [5, 5.41) is 7.51. The quantitative estimate of drug-likeness (QED) is 0.399. The van der Waals surface area contributed by atoms with Gasteiger partial charge in [-0.1, -0.05) is 18.2 Å². The van der Waals surface area contributed by atoms with Crippen LogP contribution >= 0.6 is 11.3 Å². The first-order valence-electron chi connectivity index (χ1n) is 8.93. The van der Waals surface area contributed by atoms with Gasteiger partial charge < -0.3 is 9.15 Å². The Hall–Kier alpha value is -3.26. The number of aromatic nitrogens is 1. The third-order valence-electron chi connectivity index (χ3n) is 4.08. The van der Waals surface area contributed by atoms with Crippen molar-refractivity contribution in [3.63, 3.8) is 0 Å². The number of rotatable bonds is 6. The van der Waals surface area contributed by atoms with Crippen LogP contribution in [0, 0.1) is 0 Å². The number of halogens is 2. The molecule has 2 aromatic carbocycles. The van der Waals surface area contributed by atoms with Crippen LogP contribution in [0.1, 0.15) is 12.5 Å². The first-order chi connectivity index (χ1) is 14.1. The first kappa shape index (κ1) is 19.1. The van der Waals surface area contributed by atoms with E-state index in [1.807, 2.05) is 42.6 Å². The molecule has 29 heavy (non-hydrogen) atoms. The van der Waals surface area contributed by atoms with E-state index in [1.165, 1.54) is 23.5 Å². The maximum Gasteiger partial charge on any atom is 0.387 e. The van der Waals surface area contributed by atoms with Gasteiger partial charge in [0.15, 0.2) is 5.76 Å². The van der Waals surface area contributed by atoms with Crippen LogP contribution in [0.3, 0.4) is 0 Å². The van der Waals surface area contributed by atoms with Gasteiger partial charge in [-0.2, -0.15) is 13.9 Å². The van der Waals surface area contributed by atoms with Crippen molar-refractivity contribution in [2.75, 3.05) is 6.54 Å². The van der Waals surface area contributed by atoms with Gasteiger partial charge in [-0.3, -0.25) is 4.99 Å². The molecule has 5 nitrogen and oxygen atoms in total. The molecule has 2 aromatic heterocycles. The minimum absolute atomic E-state index is 0.102. The molecule has 0 aliphatic heterocycles. The molecule has 0 bridgehead atoms. The summed E-state index contributed by atoms with van der Waals surface area (Å²) in [4.78, 5) is 5.22. The molecule has 0 aliphatic carbocycles. The van der Waals surface area contributed by atoms with Gasteiger partial charge in [-0.05, 0) is 48.9 Å². The number of para-hydroxylation sites is 1. The molecule has 0 radical (unpaired) electrons. The molecule has 0 fully saturated rings. The molecule has 0 N–H and O–H groups in total. The Kier molecular flexibility index (Phi) is 5.53. The highest BCUT2D eigenvalue weighted by molar-refractivity contribution is 7.07. The van der Waals surface area contributed by atoms with E-state index < -0.39 is 6.61 Å². The molecule has 0 amide bonds. The van der Waals surface area contributed by atoms with Crippen molar-refractivity contribution >= 4 is 28.5 Å². The van der Waals surface area contributed by atoms with Crippen LogP contribution in [-0.2, 0) is 0 Å². The van der Waals surface area contributed by atoms with Crippen molar-refractivity contribution in [1.29, 1.82) is 0 Å². The highest BCUT2D eigenvalue weighted by atomic mass is 32.1. The van der Waals surface area contributed by atoms with Gasteiger partial charge in [0.2, 0.25) is 4.80 Å². The molecule has 0 aliphatic rings. The van der Waals surface area contributed by atoms with Crippen molar-refractivity contribution in [3.05, 3.63) is 70.3 Å². The van der Waals surface area contributed by atoms with Gasteiger partial charge in [0, 0.05) is 17.3 Å². The molecular formula is C21H17F2N3O2S. The Labute approximate surface area is 169 Å². The normalized spacial score (nSPS) is 12.5. The number of nitrogens with zero attached hydrogens (tertiary/aromatic N) is 3. The molecule has 148 valence electrons. The van der Waals surface area contributed by atoms with E-state index in [4.69, 9.17) is 4.42 Å². The minimum Gasteiger partial charge on any atom is -0.454 e. The first-order valence-corrected chi connectivity index (χ1v) is 9.81. The van der Waals surface area contributed by atoms with E-state index in [2.05, 4.69) is 14.8 Å². The molecular weight excluding hydrogens is 396 g/mol. The molecule has 8 heteroatoms. The maximum absolute atomic E-state index is 12.3. The summed E-state index contributed by atoms with van der Waals surface area (Å²) in [5.41, 5.74) is 2.32. The van der Waals surface area contributed by atoms with Crippen LogP contribution in [0.4, 0.5) is 8.78 Å². The Bertz CT molecular complexity index is 1170. The topological polar surface area (TPSA) is 52.0 Å². The van der Waals surface area contributed by atoms with E-state index in [9.17, 15) is 8.78 Å². The van der Waals surface area contributed by atoms with Gasteiger partial charge in [0.05, 0.1) is 6.21 Å². The lowest BCUT2D eigenvalue weighted by atomic mass is 10.2. The third kappa shape index (κ3) is 4.27. The number of furan rings is 1. The van der Waals surface area contributed by atoms with E-state index in [-0.39, 0.29) is 5.75 Å². The fourth-order valence-corrected chi connectivity index (χ4v) is 3.67. The summed E-state index contributed by atoms with van der Waals surface area (Å²) in [7, 11) is 0. The summed E-state index contributed by atoms with van der Waals surface area (Å²) in [6.45, 7) is -0.272. The van der Waals surface area contributed by atoms with Gasteiger partial charge >= 0.3 is 6.61 Å². The average Bonchev–Trinajstić information content (AvgIpc) is 3.31. The molecule has 4 rings (SSSR count).